The number of alkyl halides is 3. The van der Waals surface area contributed by atoms with Gasteiger partial charge in [-0.1, -0.05) is 0 Å². The lowest BCUT2D eigenvalue weighted by atomic mass is 10.1. The lowest BCUT2D eigenvalue weighted by Crippen LogP contribution is -2.32. The molecule has 1 aromatic heterocycles. The van der Waals surface area contributed by atoms with Crippen LogP contribution in [-0.2, 0) is 11.0 Å². The van der Waals surface area contributed by atoms with Crippen LogP contribution in [0.4, 0.5) is 23.2 Å². The van der Waals surface area contributed by atoms with E-state index in [0.717, 1.165) is 10.7 Å². The zero-order chi connectivity index (χ0) is 17.2. The van der Waals surface area contributed by atoms with Gasteiger partial charge in [-0.15, -0.1) is 0 Å². The molecule has 2 aromatic rings. The topological polar surface area (TPSA) is 64.0 Å². The number of carbonyl (C=O) groups is 1. The van der Waals surface area contributed by atoms with Gasteiger partial charge in [0.15, 0.2) is 0 Å². The van der Waals surface area contributed by atoms with Crippen molar-refractivity contribution in [3.8, 4) is 0 Å². The Morgan fingerprint density at radius 1 is 1.30 bits per heavy atom. The van der Waals surface area contributed by atoms with Crippen LogP contribution in [0.5, 0.6) is 0 Å². The maximum absolute atomic E-state index is 13.2. The number of aromatic nitrogens is 2. The van der Waals surface area contributed by atoms with E-state index < -0.39 is 35.1 Å². The lowest BCUT2D eigenvalue weighted by molar-refractivity contribution is -0.140. The van der Waals surface area contributed by atoms with Gasteiger partial charge in [0.2, 0.25) is 5.91 Å². The molecule has 0 bridgehead atoms. The number of nitrogens with zero attached hydrogens (tertiary/aromatic N) is 2. The van der Waals surface area contributed by atoms with Gasteiger partial charge in [-0.3, -0.25) is 9.59 Å². The van der Waals surface area contributed by atoms with Crippen LogP contribution in [0.25, 0.3) is 0 Å². The van der Waals surface area contributed by atoms with Gasteiger partial charge in [-0.2, -0.15) is 18.3 Å². The number of amides is 1. The molecule has 0 spiro atoms. The minimum absolute atomic E-state index is 0.237. The Labute approximate surface area is 127 Å². The second-order valence-corrected chi connectivity index (χ2v) is 4.66. The fourth-order valence-electron chi connectivity index (χ4n) is 1.84. The first-order valence-corrected chi connectivity index (χ1v) is 6.41. The minimum atomic E-state index is -4.88. The molecule has 1 heterocycles. The van der Waals surface area contributed by atoms with E-state index >= 15 is 0 Å². The molecule has 1 aromatic carbocycles. The van der Waals surface area contributed by atoms with Crippen LogP contribution in [0.2, 0.25) is 0 Å². The molecule has 0 saturated heterocycles. The molecule has 0 radical (unpaired) electrons. The number of hydrogen-bond donors (Lipinski definition) is 1. The Hall–Kier alpha value is -2.71. The number of hydrogen-bond acceptors (Lipinski definition) is 3. The summed E-state index contributed by atoms with van der Waals surface area (Å²) in [5.74, 6) is -2.20. The normalized spacial score (nSPS) is 12.7. The Balaban J connectivity index is 2.24. The van der Waals surface area contributed by atoms with Crippen LogP contribution in [0.3, 0.4) is 0 Å². The summed E-state index contributed by atoms with van der Waals surface area (Å²) in [5.41, 5.74) is -2.26. The number of nitrogens with one attached hydrogen (secondary N) is 1. The molecule has 0 aliphatic rings. The van der Waals surface area contributed by atoms with E-state index in [2.05, 4.69) is 10.4 Å². The summed E-state index contributed by atoms with van der Waals surface area (Å²) in [4.78, 5) is 23.6. The first-order chi connectivity index (χ1) is 10.7. The number of halogens is 4. The Kier molecular flexibility index (Phi) is 4.48. The van der Waals surface area contributed by atoms with Crippen LogP contribution in [0.15, 0.2) is 41.3 Å². The highest BCUT2D eigenvalue weighted by Gasteiger charge is 2.34. The summed E-state index contributed by atoms with van der Waals surface area (Å²) in [5, 5.41) is 5.92. The highest BCUT2D eigenvalue weighted by atomic mass is 19.4. The van der Waals surface area contributed by atoms with Gasteiger partial charge >= 0.3 is 6.18 Å². The number of rotatable bonds is 3. The zero-order valence-corrected chi connectivity index (χ0v) is 11.8. The maximum Gasteiger partial charge on any atom is 0.419 e. The van der Waals surface area contributed by atoms with Crippen molar-refractivity contribution in [2.24, 2.45) is 0 Å². The average molecular weight is 329 g/mol. The zero-order valence-electron chi connectivity index (χ0n) is 11.8. The van der Waals surface area contributed by atoms with Gasteiger partial charge in [0.25, 0.3) is 5.56 Å². The molecule has 5 nitrogen and oxygen atoms in total. The minimum Gasteiger partial charge on any atom is -0.324 e. The first-order valence-electron chi connectivity index (χ1n) is 6.41. The molecule has 1 amide bonds. The molecule has 1 N–H and O–H groups in total. The van der Waals surface area contributed by atoms with Crippen molar-refractivity contribution in [3.63, 3.8) is 0 Å². The molecule has 0 fully saturated rings. The third kappa shape index (κ3) is 3.74. The second-order valence-electron chi connectivity index (χ2n) is 4.66. The van der Waals surface area contributed by atoms with Crippen LogP contribution in [-0.4, -0.2) is 15.7 Å². The lowest BCUT2D eigenvalue weighted by Gasteiger charge is -2.15. The Morgan fingerprint density at radius 2 is 2.00 bits per heavy atom. The number of benzene rings is 1. The van der Waals surface area contributed by atoms with Crippen molar-refractivity contribution in [2.45, 2.75) is 19.1 Å². The number of carbonyl (C=O) groups excluding carboxylic acids is 1. The van der Waals surface area contributed by atoms with Crippen molar-refractivity contribution in [2.75, 3.05) is 5.32 Å². The van der Waals surface area contributed by atoms with Gasteiger partial charge in [0.05, 0.1) is 5.56 Å². The second kappa shape index (κ2) is 6.19. The monoisotopic (exact) mass is 329 g/mol. The van der Waals surface area contributed by atoms with E-state index in [9.17, 15) is 27.2 Å². The largest absolute Gasteiger partial charge is 0.419 e. The van der Waals surface area contributed by atoms with E-state index in [0.29, 0.717) is 12.1 Å². The van der Waals surface area contributed by atoms with E-state index in [-0.39, 0.29) is 5.69 Å². The quantitative estimate of drug-likeness (QED) is 0.881. The summed E-state index contributed by atoms with van der Waals surface area (Å²) < 4.78 is 52.0. The van der Waals surface area contributed by atoms with E-state index in [4.69, 9.17) is 0 Å². The first kappa shape index (κ1) is 16.7. The molecule has 122 valence electrons. The Morgan fingerprint density at radius 3 is 2.61 bits per heavy atom. The van der Waals surface area contributed by atoms with E-state index in [1.807, 2.05) is 0 Å². The number of anilines is 1. The van der Waals surface area contributed by atoms with Crippen molar-refractivity contribution in [1.82, 2.24) is 9.78 Å². The molecule has 9 heteroatoms. The molecule has 0 aliphatic heterocycles. The van der Waals surface area contributed by atoms with Crippen molar-refractivity contribution >= 4 is 11.6 Å². The standard InChI is InChI=1S/C14H11F4N3O2/c1-8(21-12(22)3-2-6-19-21)13(23)20-9-4-5-11(15)10(7-9)14(16,17)18/h2-8H,1H3,(H,20,23). The summed E-state index contributed by atoms with van der Waals surface area (Å²) >= 11 is 0. The molecule has 0 aliphatic carbocycles. The van der Waals surface area contributed by atoms with Crippen molar-refractivity contribution < 1.29 is 22.4 Å². The molecule has 2 rings (SSSR count). The van der Waals surface area contributed by atoms with Crippen LogP contribution >= 0.6 is 0 Å². The van der Waals surface area contributed by atoms with E-state index in [1.165, 1.54) is 25.3 Å². The van der Waals surface area contributed by atoms with Gasteiger partial charge in [-0.25, -0.2) is 9.07 Å². The predicted octanol–water partition coefficient (Wildman–Crippen LogP) is 2.60. The van der Waals surface area contributed by atoms with Crippen LogP contribution in [0, 0.1) is 5.82 Å². The molecule has 23 heavy (non-hydrogen) atoms. The third-order valence-electron chi connectivity index (χ3n) is 3.03. The summed E-state index contributed by atoms with van der Waals surface area (Å²) in [6.07, 6.45) is -3.58. The fourth-order valence-corrected chi connectivity index (χ4v) is 1.84. The summed E-state index contributed by atoms with van der Waals surface area (Å²) in [6, 6.07) is 3.62. The van der Waals surface area contributed by atoms with Crippen LogP contribution < -0.4 is 10.9 Å². The molecule has 1 atom stereocenters. The highest BCUT2D eigenvalue weighted by Crippen LogP contribution is 2.33. The van der Waals surface area contributed by atoms with Crippen molar-refractivity contribution in [1.29, 1.82) is 0 Å². The van der Waals surface area contributed by atoms with E-state index in [1.54, 1.807) is 0 Å². The van der Waals surface area contributed by atoms with Gasteiger partial charge in [0, 0.05) is 18.0 Å². The molecule has 0 saturated carbocycles. The summed E-state index contributed by atoms with van der Waals surface area (Å²) in [7, 11) is 0. The fraction of sp³-hybridized carbons (Fsp3) is 0.214. The van der Waals surface area contributed by atoms with Gasteiger partial charge in [-0.05, 0) is 31.2 Å². The SMILES string of the molecule is CC(C(=O)Nc1ccc(F)c(C(F)(F)F)c1)n1ncccc1=O. The van der Waals surface area contributed by atoms with Crippen molar-refractivity contribution in [3.05, 3.63) is 58.3 Å². The summed E-state index contributed by atoms with van der Waals surface area (Å²) in [6.45, 7) is 1.36. The third-order valence-corrected chi connectivity index (χ3v) is 3.03. The predicted molar refractivity (Wildman–Crippen MR) is 73.2 cm³/mol. The smallest absolute Gasteiger partial charge is 0.324 e. The van der Waals surface area contributed by atoms with Gasteiger partial charge < -0.3 is 5.32 Å². The highest BCUT2D eigenvalue weighted by molar-refractivity contribution is 5.93. The van der Waals surface area contributed by atoms with Gasteiger partial charge in [0.1, 0.15) is 11.9 Å². The maximum atomic E-state index is 13.2. The molecular formula is C14H11F4N3O2. The molecule has 1 unspecified atom stereocenters. The average Bonchev–Trinajstić information content (AvgIpc) is 2.48. The Bertz CT molecular complexity index is 786. The molecular weight excluding hydrogens is 318 g/mol. The van der Waals surface area contributed by atoms with Crippen LogP contribution in [0.1, 0.15) is 18.5 Å².